The van der Waals surface area contributed by atoms with Gasteiger partial charge in [0.05, 0.1) is 14.2 Å². The summed E-state index contributed by atoms with van der Waals surface area (Å²) in [5, 5.41) is 33.7. The van der Waals surface area contributed by atoms with Crippen molar-refractivity contribution >= 4 is 21.5 Å². The zero-order chi connectivity index (χ0) is 19.8. The number of hydrogen-bond acceptors (Lipinski definition) is 5. The highest BCUT2D eigenvalue weighted by Gasteiger charge is 2.18. The number of phenolic OH excluding ortho intramolecular Hbond substituents is 3. The fourth-order valence-electron chi connectivity index (χ4n) is 3.69. The molecule has 0 saturated heterocycles. The molecule has 4 aromatic rings. The first-order valence-electron chi connectivity index (χ1n) is 8.82. The van der Waals surface area contributed by atoms with Crippen LogP contribution < -0.4 is 9.47 Å². The van der Waals surface area contributed by atoms with E-state index in [9.17, 15) is 15.3 Å². The topological polar surface area (TPSA) is 79.2 Å². The number of hydrogen-bond donors (Lipinski definition) is 3. The zero-order valence-corrected chi connectivity index (χ0v) is 15.6. The van der Waals surface area contributed by atoms with Gasteiger partial charge in [0.25, 0.3) is 0 Å². The molecule has 0 aromatic heterocycles. The molecule has 0 heterocycles. The molecule has 4 aromatic carbocycles. The summed E-state index contributed by atoms with van der Waals surface area (Å²) in [5.74, 6) is 1.13. The van der Waals surface area contributed by atoms with Gasteiger partial charge in [-0.05, 0) is 52.1 Å². The van der Waals surface area contributed by atoms with Crippen molar-refractivity contribution in [3.8, 4) is 28.7 Å². The first kappa shape index (κ1) is 17.8. The van der Waals surface area contributed by atoms with Crippen LogP contribution in [0.1, 0.15) is 11.1 Å². The number of methoxy groups -OCH3 is 2. The van der Waals surface area contributed by atoms with Crippen molar-refractivity contribution < 1.29 is 24.8 Å². The van der Waals surface area contributed by atoms with Gasteiger partial charge >= 0.3 is 0 Å². The van der Waals surface area contributed by atoms with E-state index < -0.39 is 0 Å². The second kappa shape index (κ2) is 6.85. The lowest BCUT2D eigenvalue weighted by atomic mass is 9.93. The summed E-state index contributed by atoms with van der Waals surface area (Å²) in [6.07, 6.45) is 0.506. The number of fused-ring (bicyclic) bond motifs is 3. The van der Waals surface area contributed by atoms with E-state index in [1.807, 2.05) is 30.3 Å². The Morgan fingerprint density at radius 3 is 2.07 bits per heavy atom. The second-order valence-corrected chi connectivity index (χ2v) is 6.63. The Bertz CT molecular complexity index is 1180. The van der Waals surface area contributed by atoms with Crippen molar-refractivity contribution in [3.63, 3.8) is 0 Å². The van der Waals surface area contributed by atoms with Gasteiger partial charge in [0.15, 0.2) is 11.5 Å². The summed E-state index contributed by atoms with van der Waals surface area (Å²) >= 11 is 0. The minimum absolute atomic E-state index is 0.00861. The molecular formula is C23H20O5. The van der Waals surface area contributed by atoms with Crippen molar-refractivity contribution in [3.05, 3.63) is 65.7 Å². The Kier molecular flexibility index (Phi) is 4.35. The highest BCUT2D eigenvalue weighted by atomic mass is 16.5. The number of phenols is 3. The molecule has 3 N–H and O–H groups in total. The largest absolute Gasteiger partial charge is 0.508 e. The molecule has 0 fully saturated rings. The van der Waals surface area contributed by atoms with Crippen molar-refractivity contribution in [1.29, 1.82) is 0 Å². The Morgan fingerprint density at radius 1 is 0.714 bits per heavy atom. The third kappa shape index (κ3) is 2.81. The SMILES string of the molecule is COc1c(O)cc2ccc3c(Cc4ccc(O)cc4)c(O)ccc3c2c1OC. The van der Waals surface area contributed by atoms with Crippen LogP contribution in [0.25, 0.3) is 21.5 Å². The van der Waals surface area contributed by atoms with Crippen LogP contribution in [0, 0.1) is 0 Å². The minimum atomic E-state index is 0.00861. The molecule has 0 saturated carbocycles. The molecule has 0 unspecified atom stereocenters. The fraction of sp³-hybridized carbons (Fsp3) is 0.130. The maximum absolute atomic E-state index is 10.5. The highest BCUT2D eigenvalue weighted by Crippen LogP contribution is 2.46. The maximum Gasteiger partial charge on any atom is 0.203 e. The average molecular weight is 376 g/mol. The van der Waals surface area contributed by atoms with Crippen molar-refractivity contribution in [1.82, 2.24) is 0 Å². The van der Waals surface area contributed by atoms with E-state index in [-0.39, 0.29) is 23.0 Å². The molecule has 0 aliphatic heterocycles. The van der Waals surface area contributed by atoms with Crippen LogP contribution in [-0.2, 0) is 6.42 Å². The first-order valence-corrected chi connectivity index (χ1v) is 8.82. The number of benzene rings is 4. The van der Waals surface area contributed by atoms with Crippen molar-refractivity contribution in [2.45, 2.75) is 6.42 Å². The Labute approximate surface area is 162 Å². The first-order chi connectivity index (χ1) is 13.5. The lowest BCUT2D eigenvalue weighted by Crippen LogP contribution is -1.95. The van der Waals surface area contributed by atoms with E-state index in [1.54, 1.807) is 24.3 Å². The molecule has 0 aliphatic carbocycles. The fourth-order valence-corrected chi connectivity index (χ4v) is 3.69. The molecule has 142 valence electrons. The van der Waals surface area contributed by atoms with E-state index in [2.05, 4.69) is 0 Å². The van der Waals surface area contributed by atoms with Crippen LogP contribution >= 0.6 is 0 Å². The summed E-state index contributed by atoms with van der Waals surface area (Å²) in [7, 11) is 3.02. The Morgan fingerprint density at radius 2 is 1.39 bits per heavy atom. The normalized spacial score (nSPS) is 11.1. The minimum Gasteiger partial charge on any atom is -0.508 e. The molecular weight excluding hydrogens is 356 g/mol. The summed E-state index contributed by atoms with van der Waals surface area (Å²) in [6.45, 7) is 0. The van der Waals surface area contributed by atoms with Gasteiger partial charge in [-0.15, -0.1) is 0 Å². The zero-order valence-electron chi connectivity index (χ0n) is 15.6. The third-order valence-corrected chi connectivity index (χ3v) is 5.00. The van der Waals surface area contributed by atoms with Crippen LogP contribution in [0.5, 0.6) is 28.7 Å². The van der Waals surface area contributed by atoms with Crippen molar-refractivity contribution in [2.24, 2.45) is 0 Å². The summed E-state index contributed by atoms with van der Waals surface area (Å²) in [6, 6.07) is 15.9. The van der Waals surface area contributed by atoms with Crippen LogP contribution in [0.2, 0.25) is 0 Å². The van der Waals surface area contributed by atoms with Crippen LogP contribution in [0.3, 0.4) is 0 Å². The van der Waals surface area contributed by atoms with Crippen LogP contribution in [-0.4, -0.2) is 29.5 Å². The monoisotopic (exact) mass is 376 g/mol. The molecule has 4 rings (SSSR count). The maximum atomic E-state index is 10.5. The van der Waals surface area contributed by atoms with Gasteiger partial charge in [-0.1, -0.05) is 24.3 Å². The van der Waals surface area contributed by atoms with E-state index in [1.165, 1.54) is 14.2 Å². The summed E-state index contributed by atoms with van der Waals surface area (Å²) in [4.78, 5) is 0. The summed E-state index contributed by atoms with van der Waals surface area (Å²) < 4.78 is 10.9. The molecule has 0 aliphatic rings. The summed E-state index contributed by atoms with van der Waals surface area (Å²) in [5.41, 5.74) is 1.75. The quantitative estimate of drug-likeness (QED) is 0.449. The Balaban J connectivity index is 2.01. The van der Waals surface area contributed by atoms with Gasteiger partial charge in [-0.25, -0.2) is 0 Å². The van der Waals surface area contributed by atoms with Gasteiger partial charge in [-0.3, -0.25) is 0 Å². The number of rotatable bonds is 4. The van der Waals surface area contributed by atoms with Gasteiger partial charge in [-0.2, -0.15) is 0 Å². The van der Waals surface area contributed by atoms with E-state index in [0.717, 1.165) is 32.7 Å². The molecule has 5 heteroatoms. The van der Waals surface area contributed by atoms with Gasteiger partial charge in [0.1, 0.15) is 11.5 Å². The molecule has 0 spiro atoms. The second-order valence-electron chi connectivity index (χ2n) is 6.63. The molecule has 28 heavy (non-hydrogen) atoms. The van der Waals surface area contributed by atoms with E-state index in [0.29, 0.717) is 12.2 Å². The predicted molar refractivity (Wildman–Crippen MR) is 109 cm³/mol. The molecule has 0 radical (unpaired) electrons. The van der Waals surface area contributed by atoms with Crippen LogP contribution in [0.4, 0.5) is 0 Å². The smallest absolute Gasteiger partial charge is 0.203 e. The standard InChI is InChI=1S/C23H20O5/c1-27-22-20(26)12-14-5-8-16-17(21(14)23(22)28-2)9-10-19(25)18(16)11-13-3-6-15(24)7-4-13/h3-10,12,24-26H,11H2,1-2H3. The highest BCUT2D eigenvalue weighted by molar-refractivity contribution is 6.13. The average Bonchev–Trinajstić information content (AvgIpc) is 2.70. The molecule has 5 nitrogen and oxygen atoms in total. The van der Waals surface area contributed by atoms with E-state index in [4.69, 9.17) is 9.47 Å². The van der Waals surface area contributed by atoms with Crippen molar-refractivity contribution in [2.75, 3.05) is 14.2 Å². The van der Waals surface area contributed by atoms with Gasteiger partial charge < -0.3 is 24.8 Å². The van der Waals surface area contributed by atoms with Crippen LogP contribution in [0.15, 0.2) is 54.6 Å². The number of ether oxygens (including phenoxy) is 2. The lowest BCUT2D eigenvalue weighted by Gasteiger charge is -2.16. The molecule has 0 amide bonds. The Hall–Kier alpha value is -3.60. The molecule has 0 atom stereocenters. The van der Waals surface area contributed by atoms with Gasteiger partial charge in [0.2, 0.25) is 5.75 Å². The lowest BCUT2D eigenvalue weighted by molar-refractivity contribution is 0.336. The number of aromatic hydroxyl groups is 3. The van der Waals surface area contributed by atoms with Gasteiger partial charge in [0, 0.05) is 17.4 Å². The molecule has 0 bridgehead atoms. The predicted octanol–water partition coefficient (Wildman–Crippen LogP) is 4.72. The third-order valence-electron chi connectivity index (χ3n) is 5.00. The van der Waals surface area contributed by atoms with E-state index >= 15 is 0 Å².